The molecule has 2 saturated heterocycles. The first-order valence-electron chi connectivity index (χ1n) is 8.98. The van der Waals surface area contributed by atoms with Gasteiger partial charge < -0.3 is 4.74 Å². The van der Waals surface area contributed by atoms with Gasteiger partial charge in [-0.3, -0.25) is 9.69 Å². The third kappa shape index (κ3) is 2.73. The molecule has 124 valence electrons. The first-order valence-corrected chi connectivity index (χ1v) is 8.98. The Hall–Kier alpha value is -0.830. The molecule has 2 unspecified atom stereocenters. The van der Waals surface area contributed by atoms with Crippen molar-refractivity contribution in [3.63, 3.8) is 0 Å². The Bertz CT molecular complexity index is 439. The Morgan fingerprint density at radius 2 is 1.82 bits per heavy atom. The quantitative estimate of drug-likeness (QED) is 0.589. The fourth-order valence-corrected chi connectivity index (χ4v) is 5.50. The van der Waals surface area contributed by atoms with Gasteiger partial charge in [-0.15, -0.1) is 0 Å². The number of carbonyl (C=O) groups excluding carboxylic acids is 1. The summed E-state index contributed by atoms with van der Waals surface area (Å²) in [6.07, 6.45) is 8.66. The monoisotopic (exact) mass is 305 g/mol. The second-order valence-corrected chi connectivity index (χ2v) is 7.87. The van der Waals surface area contributed by atoms with E-state index in [0.29, 0.717) is 29.8 Å². The van der Waals surface area contributed by atoms with Gasteiger partial charge in [-0.25, -0.2) is 0 Å². The van der Waals surface area contributed by atoms with Gasteiger partial charge in [0.25, 0.3) is 0 Å². The molecule has 0 aromatic carbocycles. The highest BCUT2D eigenvalue weighted by atomic mass is 16.5. The topological polar surface area (TPSA) is 29.5 Å². The third-order valence-corrected chi connectivity index (χ3v) is 6.86. The maximum atomic E-state index is 12.5. The number of piperidine rings is 1. The maximum Gasteiger partial charge on any atom is 0.310 e. The van der Waals surface area contributed by atoms with Gasteiger partial charge in [-0.1, -0.05) is 12.2 Å². The minimum Gasteiger partial charge on any atom is -0.469 e. The molecule has 1 saturated carbocycles. The Morgan fingerprint density at radius 3 is 2.41 bits per heavy atom. The van der Waals surface area contributed by atoms with Crippen molar-refractivity contribution < 1.29 is 9.53 Å². The van der Waals surface area contributed by atoms with Crippen LogP contribution in [0.4, 0.5) is 0 Å². The number of rotatable bonds is 3. The molecule has 0 N–H and O–H groups in total. The van der Waals surface area contributed by atoms with Crippen molar-refractivity contribution in [3.8, 4) is 0 Å². The predicted octanol–water partition coefficient (Wildman–Crippen LogP) is 3.64. The van der Waals surface area contributed by atoms with Crippen molar-refractivity contribution in [2.45, 2.75) is 64.0 Å². The van der Waals surface area contributed by atoms with Crippen LogP contribution in [-0.4, -0.2) is 37.1 Å². The lowest BCUT2D eigenvalue weighted by Gasteiger charge is -2.46. The number of esters is 1. The summed E-state index contributed by atoms with van der Waals surface area (Å²) in [4.78, 5) is 14.9. The summed E-state index contributed by atoms with van der Waals surface area (Å²) < 4.78 is 5.19. The van der Waals surface area contributed by atoms with Crippen molar-refractivity contribution in [1.82, 2.24) is 4.90 Å². The number of methoxy groups -OCH3 is 1. The molecule has 3 heteroatoms. The van der Waals surface area contributed by atoms with E-state index in [2.05, 4.69) is 25.5 Å². The van der Waals surface area contributed by atoms with E-state index < -0.39 is 0 Å². The summed E-state index contributed by atoms with van der Waals surface area (Å²) in [5.74, 6) is 2.07. The molecule has 2 aliphatic heterocycles. The van der Waals surface area contributed by atoms with Crippen molar-refractivity contribution in [2.75, 3.05) is 14.2 Å². The van der Waals surface area contributed by atoms with Gasteiger partial charge in [0.1, 0.15) is 0 Å². The average Bonchev–Trinajstić information content (AvgIpc) is 2.76. The smallest absolute Gasteiger partial charge is 0.310 e. The number of hydrogen-bond donors (Lipinski definition) is 0. The van der Waals surface area contributed by atoms with Crippen LogP contribution in [0.15, 0.2) is 12.2 Å². The molecule has 0 radical (unpaired) electrons. The maximum absolute atomic E-state index is 12.5. The van der Waals surface area contributed by atoms with E-state index in [0.717, 1.165) is 0 Å². The zero-order valence-corrected chi connectivity index (χ0v) is 14.4. The Morgan fingerprint density at radius 1 is 1.14 bits per heavy atom. The van der Waals surface area contributed by atoms with E-state index in [1.165, 1.54) is 50.5 Å². The summed E-state index contributed by atoms with van der Waals surface area (Å²) in [6.45, 7) is 6.30. The lowest BCUT2D eigenvalue weighted by atomic mass is 9.66. The summed E-state index contributed by atoms with van der Waals surface area (Å²) in [5, 5.41) is 0. The van der Waals surface area contributed by atoms with E-state index in [4.69, 9.17) is 4.74 Å². The summed E-state index contributed by atoms with van der Waals surface area (Å²) in [7, 11) is 3.75. The predicted molar refractivity (Wildman–Crippen MR) is 88.4 cm³/mol. The van der Waals surface area contributed by atoms with Crippen molar-refractivity contribution in [1.29, 1.82) is 0 Å². The first-order chi connectivity index (χ1) is 10.5. The highest BCUT2D eigenvalue weighted by Gasteiger charge is 2.51. The van der Waals surface area contributed by atoms with Crippen LogP contribution in [0, 0.1) is 23.7 Å². The van der Waals surface area contributed by atoms with E-state index >= 15 is 0 Å². The molecule has 4 atom stereocenters. The largest absolute Gasteiger partial charge is 0.469 e. The van der Waals surface area contributed by atoms with Crippen LogP contribution in [0.1, 0.15) is 51.9 Å². The molecule has 2 bridgehead atoms. The van der Waals surface area contributed by atoms with Gasteiger partial charge in [0, 0.05) is 12.1 Å². The number of allylic oxidation sites excluding steroid dienone is 1. The molecule has 0 amide bonds. The van der Waals surface area contributed by atoms with Crippen LogP contribution in [0.3, 0.4) is 0 Å². The average molecular weight is 305 g/mol. The van der Waals surface area contributed by atoms with Crippen LogP contribution in [-0.2, 0) is 9.53 Å². The fourth-order valence-electron chi connectivity index (χ4n) is 5.50. The van der Waals surface area contributed by atoms with Crippen LogP contribution < -0.4 is 0 Å². The molecule has 3 rings (SSSR count). The summed E-state index contributed by atoms with van der Waals surface area (Å²) >= 11 is 0. The second kappa shape index (κ2) is 6.35. The minimum atomic E-state index is 0.0317. The standard InChI is InChI=1S/C19H31NO2/c1-12(2)13-5-7-14(8-6-13)16-11-15-9-10-17(20(15)3)18(16)19(21)22-4/h13-18H,1,5-11H2,2-4H3/t13?,14?,15-,16-,17?,18?/m1/s1. The molecule has 3 fully saturated rings. The number of fused-ring (bicyclic) bond motifs is 2. The molecule has 0 aromatic rings. The van der Waals surface area contributed by atoms with Crippen molar-refractivity contribution in [2.24, 2.45) is 23.7 Å². The molecule has 1 aliphatic carbocycles. The van der Waals surface area contributed by atoms with Crippen molar-refractivity contribution in [3.05, 3.63) is 12.2 Å². The number of ether oxygens (including phenoxy) is 1. The number of carbonyl (C=O) groups is 1. The fraction of sp³-hybridized carbons (Fsp3) is 0.842. The number of nitrogens with zero attached hydrogens (tertiary/aromatic N) is 1. The van der Waals surface area contributed by atoms with Gasteiger partial charge in [0.2, 0.25) is 0 Å². The molecular weight excluding hydrogens is 274 g/mol. The molecule has 0 aromatic heterocycles. The molecule has 3 nitrogen and oxygen atoms in total. The zero-order valence-electron chi connectivity index (χ0n) is 14.4. The highest BCUT2D eigenvalue weighted by molar-refractivity contribution is 5.74. The van der Waals surface area contributed by atoms with Gasteiger partial charge in [-0.05, 0) is 76.7 Å². The van der Waals surface area contributed by atoms with Crippen LogP contribution >= 0.6 is 0 Å². The molecule has 22 heavy (non-hydrogen) atoms. The molecule has 3 aliphatic rings. The van der Waals surface area contributed by atoms with E-state index in [9.17, 15) is 4.79 Å². The van der Waals surface area contributed by atoms with Gasteiger partial charge in [0.15, 0.2) is 0 Å². The van der Waals surface area contributed by atoms with Crippen LogP contribution in [0.25, 0.3) is 0 Å². The Balaban J connectivity index is 1.74. The summed E-state index contributed by atoms with van der Waals surface area (Å²) in [5.41, 5.74) is 1.34. The Labute approximate surface area is 135 Å². The van der Waals surface area contributed by atoms with E-state index in [-0.39, 0.29) is 11.9 Å². The normalized spacial score (nSPS) is 42.1. The number of hydrogen-bond acceptors (Lipinski definition) is 3. The lowest BCUT2D eigenvalue weighted by molar-refractivity contribution is -0.154. The summed E-state index contributed by atoms with van der Waals surface area (Å²) in [6, 6.07) is 1.10. The minimum absolute atomic E-state index is 0.0317. The SMILES string of the molecule is C=C(C)C1CCC([C@H]2C[C@H]3CCC(C2C(=O)OC)N3C)CC1. The lowest BCUT2D eigenvalue weighted by Crippen LogP contribution is -2.52. The van der Waals surface area contributed by atoms with E-state index in [1.54, 1.807) is 7.11 Å². The Kier molecular flexibility index (Phi) is 4.63. The first kappa shape index (κ1) is 16.0. The third-order valence-electron chi connectivity index (χ3n) is 6.86. The molecular formula is C19H31NO2. The van der Waals surface area contributed by atoms with Crippen molar-refractivity contribution >= 4 is 5.97 Å². The van der Waals surface area contributed by atoms with Gasteiger partial charge in [0.05, 0.1) is 13.0 Å². The second-order valence-electron chi connectivity index (χ2n) is 7.87. The highest BCUT2D eigenvalue weighted by Crippen LogP contribution is 2.49. The van der Waals surface area contributed by atoms with Crippen LogP contribution in [0.5, 0.6) is 0 Å². The van der Waals surface area contributed by atoms with Gasteiger partial charge >= 0.3 is 5.97 Å². The molecule has 2 heterocycles. The van der Waals surface area contributed by atoms with Crippen LogP contribution in [0.2, 0.25) is 0 Å². The molecule has 0 spiro atoms. The van der Waals surface area contributed by atoms with E-state index in [1.807, 2.05) is 0 Å². The van der Waals surface area contributed by atoms with Gasteiger partial charge in [-0.2, -0.15) is 0 Å². The zero-order chi connectivity index (χ0) is 15.9.